The minimum atomic E-state index is 0.0822. The summed E-state index contributed by atoms with van der Waals surface area (Å²) in [5, 5.41) is 0. The molecule has 0 aromatic rings. The second-order valence-corrected chi connectivity index (χ2v) is 2.14. The van der Waals surface area contributed by atoms with E-state index in [4.69, 9.17) is 9.57 Å². The molecular weight excluding hydrogens is 132 g/mol. The van der Waals surface area contributed by atoms with Gasteiger partial charge in [0.2, 0.25) is 0 Å². The molecule has 2 aliphatic rings. The van der Waals surface area contributed by atoms with Crippen molar-refractivity contribution in [1.29, 1.82) is 0 Å². The Morgan fingerprint density at radius 2 is 2.70 bits per heavy atom. The number of hydrogen-bond acceptors (Lipinski definition) is 4. The number of rotatable bonds is 0. The van der Waals surface area contributed by atoms with Crippen molar-refractivity contribution < 1.29 is 9.57 Å². The smallest absolute Gasteiger partial charge is 0.171 e. The van der Waals surface area contributed by atoms with Gasteiger partial charge in [0, 0.05) is 12.6 Å². The lowest BCUT2D eigenvalue weighted by atomic mass is 10.2. The van der Waals surface area contributed by atoms with Crippen molar-refractivity contribution >= 4 is 6.21 Å². The third-order valence-electron chi connectivity index (χ3n) is 1.48. The Morgan fingerprint density at radius 3 is 3.60 bits per heavy atom. The average molecular weight is 140 g/mol. The summed E-state index contributed by atoms with van der Waals surface area (Å²) in [5.74, 6) is 0.772. The van der Waals surface area contributed by atoms with Gasteiger partial charge in [-0.05, 0) is 0 Å². The fraction of sp³-hybridized carbons (Fsp3) is 0.500. The van der Waals surface area contributed by atoms with Gasteiger partial charge in [-0.25, -0.2) is 0 Å². The molecule has 2 rings (SSSR count). The molecule has 10 heavy (non-hydrogen) atoms. The maximum Gasteiger partial charge on any atom is 0.171 e. The third kappa shape index (κ3) is 0.913. The van der Waals surface area contributed by atoms with Crippen LogP contribution in [0.15, 0.2) is 17.0 Å². The summed E-state index contributed by atoms with van der Waals surface area (Å²) < 4.78 is 5.29. The van der Waals surface area contributed by atoms with E-state index in [1.54, 1.807) is 6.20 Å². The summed E-state index contributed by atoms with van der Waals surface area (Å²) >= 11 is 0. The van der Waals surface area contributed by atoms with Gasteiger partial charge >= 0.3 is 0 Å². The van der Waals surface area contributed by atoms with Gasteiger partial charge in [0.15, 0.2) is 5.76 Å². The lowest BCUT2D eigenvalue weighted by molar-refractivity contribution is -0.100. The van der Waals surface area contributed by atoms with Crippen LogP contribution in [0.3, 0.4) is 0 Å². The molecule has 0 aliphatic carbocycles. The van der Waals surface area contributed by atoms with Gasteiger partial charge in [0.05, 0.1) is 6.20 Å². The standard InChI is InChI=1S/C6H8N2O2/c1-2-7-3-6-5(1)9-4-8-10-6/h2-3,5,8H,1,4H2. The van der Waals surface area contributed by atoms with Crippen LogP contribution in [0, 0.1) is 0 Å². The summed E-state index contributed by atoms with van der Waals surface area (Å²) in [5.41, 5.74) is 2.62. The Labute approximate surface area is 58.5 Å². The topological polar surface area (TPSA) is 42.8 Å². The highest BCUT2D eigenvalue weighted by Gasteiger charge is 2.21. The number of aliphatic imine (C=N–C) groups is 1. The number of nitrogens with zero attached hydrogens (tertiary/aromatic N) is 1. The lowest BCUT2D eigenvalue weighted by Gasteiger charge is -2.26. The van der Waals surface area contributed by atoms with E-state index < -0.39 is 0 Å². The molecular formula is C6H8N2O2. The normalized spacial score (nSPS) is 30.4. The van der Waals surface area contributed by atoms with E-state index in [9.17, 15) is 0 Å². The zero-order valence-corrected chi connectivity index (χ0v) is 5.41. The highest BCUT2D eigenvalue weighted by molar-refractivity contribution is 5.61. The molecule has 0 saturated carbocycles. The van der Waals surface area contributed by atoms with Crippen LogP contribution in [-0.4, -0.2) is 19.0 Å². The zero-order chi connectivity index (χ0) is 6.81. The van der Waals surface area contributed by atoms with E-state index in [0.29, 0.717) is 6.73 Å². The molecule has 4 heteroatoms. The predicted molar refractivity (Wildman–Crippen MR) is 35.2 cm³/mol. The van der Waals surface area contributed by atoms with Crippen LogP contribution in [-0.2, 0) is 9.57 Å². The quantitative estimate of drug-likeness (QED) is 0.522. The monoisotopic (exact) mass is 140 g/mol. The SMILES string of the molecule is C1=NC=C2ONCOC2C1. The maximum atomic E-state index is 5.29. The zero-order valence-electron chi connectivity index (χ0n) is 5.41. The molecule has 0 amide bonds. The van der Waals surface area contributed by atoms with Gasteiger partial charge in [-0.1, -0.05) is 0 Å². The van der Waals surface area contributed by atoms with Gasteiger partial charge in [-0.15, -0.1) is 5.48 Å². The fourth-order valence-electron chi connectivity index (χ4n) is 0.972. The summed E-state index contributed by atoms with van der Waals surface area (Å²) in [4.78, 5) is 8.98. The second-order valence-electron chi connectivity index (χ2n) is 2.14. The van der Waals surface area contributed by atoms with Crippen molar-refractivity contribution in [3.05, 3.63) is 12.0 Å². The Morgan fingerprint density at radius 1 is 1.70 bits per heavy atom. The van der Waals surface area contributed by atoms with Crippen molar-refractivity contribution in [1.82, 2.24) is 5.48 Å². The molecule has 0 aromatic heterocycles. The minimum Gasteiger partial charge on any atom is -0.406 e. The first-order valence-electron chi connectivity index (χ1n) is 3.20. The number of ether oxygens (including phenoxy) is 1. The van der Waals surface area contributed by atoms with E-state index in [2.05, 4.69) is 10.5 Å². The summed E-state index contributed by atoms with van der Waals surface area (Å²) in [6, 6.07) is 0. The number of hydroxylamine groups is 1. The summed E-state index contributed by atoms with van der Waals surface area (Å²) in [7, 11) is 0. The lowest BCUT2D eigenvalue weighted by Crippen LogP contribution is -2.35. The fourth-order valence-corrected chi connectivity index (χ4v) is 0.972. The summed E-state index contributed by atoms with van der Waals surface area (Å²) in [6.07, 6.45) is 4.38. The maximum absolute atomic E-state index is 5.29. The molecule has 1 saturated heterocycles. The van der Waals surface area contributed by atoms with Crippen LogP contribution in [0.1, 0.15) is 6.42 Å². The van der Waals surface area contributed by atoms with Crippen molar-refractivity contribution in [2.75, 3.05) is 6.73 Å². The van der Waals surface area contributed by atoms with Gasteiger partial charge in [0.25, 0.3) is 0 Å². The van der Waals surface area contributed by atoms with Crippen LogP contribution >= 0.6 is 0 Å². The molecule has 4 nitrogen and oxygen atoms in total. The first-order chi connectivity index (χ1) is 4.97. The number of hydrogen-bond donors (Lipinski definition) is 1. The molecule has 2 heterocycles. The van der Waals surface area contributed by atoms with Crippen molar-refractivity contribution in [3.63, 3.8) is 0 Å². The van der Waals surface area contributed by atoms with Gasteiger partial charge in [0.1, 0.15) is 12.8 Å². The molecule has 0 spiro atoms. The van der Waals surface area contributed by atoms with Crippen LogP contribution in [0.2, 0.25) is 0 Å². The molecule has 1 fully saturated rings. The first-order valence-corrected chi connectivity index (χ1v) is 3.20. The second kappa shape index (κ2) is 2.40. The predicted octanol–water partition coefficient (Wildman–Crippen LogP) is 0.180. The van der Waals surface area contributed by atoms with Crippen molar-refractivity contribution in [3.8, 4) is 0 Å². The van der Waals surface area contributed by atoms with Crippen LogP contribution < -0.4 is 5.48 Å². The summed E-state index contributed by atoms with van der Waals surface area (Å²) in [6.45, 7) is 0.454. The average Bonchev–Trinajstić information content (AvgIpc) is 2.05. The van der Waals surface area contributed by atoms with E-state index >= 15 is 0 Å². The van der Waals surface area contributed by atoms with E-state index in [0.717, 1.165) is 12.2 Å². The van der Waals surface area contributed by atoms with E-state index in [-0.39, 0.29) is 6.10 Å². The van der Waals surface area contributed by atoms with Gasteiger partial charge < -0.3 is 9.57 Å². The van der Waals surface area contributed by atoms with Crippen LogP contribution in [0.25, 0.3) is 0 Å². The highest BCUT2D eigenvalue weighted by atomic mass is 16.7. The van der Waals surface area contributed by atoms with Gasteiger partial charge in [-0.2, -0.15) is 0 Å². The molecule has 54 valence electrons. The highest BCUT2D eigenvalue weighted by Crippen LogP contribution is 2.16. The molecule has 1 atom stereocenters. The van der Waals surface area contributed by atoms with E-state index in [1.165, 1.54) is 0 Å². The van der Waals surface area contributed by atoms with Crippen molar-refractivity contribution in [2.24, 2.45) is 4.99 Å². The van der Waals surface area contributed by atoms with E-state index in [1.807, 2.05) is 6.21 Å². The van der Waals surface area contributed by atoms with Crippen LogP contribution in [0.4, 0.5) is 0 Å². The molecule has 0 aromatic carbocycles. The molecule has 1 unspecified atom stereocenters. The van der Waals surface area contributed by atoms with Crippen LogP contribution in [0.5, 0.6) is 0 Å². The van der Waals surface area contributed by atoms with Gasteiger partial charge in [-0.3, -0.25) is 4.99 Å². The first kappa shape index (κ1) is 5.88. The Bertz CT molecular complexity index is 188. The Balaban J connectivity index is 2.14. The number of fused-ring (bicyclic) bond motifs is 1. The minimum absolute atomic E-state index is 0.0822. The molecule has 0 bridgehead atoms. The molecule has 0 radical (unpaired) electrons. The number of nitrogens with one attached hydrogen (secondary N) is 1. The molecule has 2 aliphatic heterocycles. The Kier molecular flexibility index (Phi) is 1.41. The molecule has 1 N–H and O–H groups in total. The largest absolute Gasteiger partial charge is 0.406 e. The Hall–Kier alpha value is -0.870. The van der Waals surface area contributed by atoms with Crippen molar-refractivity contribution in [2.45, 2.75) is 12.5 Å². The third-order valence-corrected chi connectivity index (χ3v) is 1.48.